The molecule has 0 spiro atoms. The van der Waals surface area contributed by atoms with Crippen molar-refractivity contribution in [3.05, 3.63) is 35.6 Å². The van der Waals surface area contributed by atoms with Gasteiger partial charge in [-0.15, -0.1) is 0 Å². The van der Waals surface area contributed by atoms with Gasteiger partial charge in [-0.05, 0) is 30.0 Å². The summed E-state index contributed by atoms with van der Waals surface area (Å²) in [4.78, 5) is 26.0. The summed E-state index contributed by atoms with van der Waals surface area (Å²) in [5.41, 5.74) is 0.667. The predicted octanol–water partition coefficient (Wildman–Crippen LogP) is 2.51. The molecule has 22 heavy (non-hydrogen) atoms. The Morgan fingerprint density at radius 1 is 1.45 bits per heavy atom. The number of rotatable bonds is 4. The maximum atomic E-state index is 13.5. The second-order valence-electron chi connectivity index (χ2n) is 6.29. The molecule has 4 nitrogen and oxygen atoms in total. The summed E-state index contributed by atoms with van der Waals surface area (Å²) < 4.78 is 13.5. The molecule has 5 heteroatoms. The van der Waals surface area contributed by atoms with Crippen molar-refractivity contribution in [2.45, 2.75) is 32.7 Å². The van der Waals surface area contributed by atoms with E-state index in [4.69, 9.17) is 0 Å². The van der Waals surface area contributed by atoms with Gasteiger partial charge in [-0.25, -0.2) is 4.39 Å². The smallest absolute Gasteiger partial charge is 0.225 e. The minimum absolute atomic E-state index is 0.0119. The number of nitrogens with zero attached hydrogens (tertiary/aromatic N) is 1. The summed E-state index contributed by atoms with van der Waals surface area (Å²) >= 11 is 0. The molecular formula is C17H23FN2O2. The van der Waals surface area contributed by atoms with Crippen LogP contribution in [0.2, 0.25) is 0 Å². The van der Waals surface area contributed by atoms with Crippen molar-refractivity contribution in [3.63, 3.8) is 0 Å². The summed E-state index contributed by atoms with van der Waals surface area (Å²) in [5, 5.41) is 2.93. The lowest BCUT2D eigenvalue weighted by Crippen LogP contribution is -2.46. The molecule has 1 aliphatic rings. The highest BCUT2D eigenvalue weighted by Crippen LogP contribution is 2.36. The van der Waals surface area contributed by atoms with E-state index in [1.165, 1.54) is 12.1 Å². The summed E-state index contributed by atoms with van der Waals surface area (Å²) in [6, 6.07) is 5.74. The highest BCUT2D eigenvalue weighted by molar-refractivity contribution is 5.84. The van der Waals surface area contributed by atoms with Crippen LogP contribution in [-0.4, -0.2) is 30.3 Å². The second-order valence-corrected chi connectivity index (χ2v) is 6.29. The number of benzene rings is 1. The molecule has 1 fully saturated rings. The van der Waals surface area contributed by atoms with Gasteiger partial charge in [0.25, 0.3) is 0 Å². The number of amides is 2. The molecular weight excluding hydrogens is 283 g/mol. The average molecular weight is 306 g/mol. The number of nitrogens with one attached hydrogen (secondary N) is 1. The third kappa shape index (κ3) is 3.64. The first-order chi connectivity index (χ1) is 10.4. The number of halogens is 1. The SMILES string of the molecule is CC(C)CNC(=O)[C@@H]1CCC(=O)N(C)[C@@H]1c1cccc(F)c1. The molecule has 120 valence electrons. The van der Waals surface area contributed by atoms with Crippen LogP contribution in [0.4, 0.5) is 4.39 Å². The van der Waals surface area contributed by atoms with Gasteiger partial charge < -0.3 is 10.2 Å². The van der Waals surface area contributed by atoms with E-state index in [1.807, 2.05) is 13.8 Å². The normalized spacial score (nSPS) is 22.0. The maximum absolute atomic E-state index is 13.5. The average Bonchev–Trinajstić information content (AvgIpc) is 2.47. The Hall–Kier alpha value is -1.91. The quantitative estimate of drug-likeness (QED) is 0.929. The van der Waals surface area contributed by atoms with Crippen molar-refractivity contribution in [1.29, 1.82) is 0 Å². The van der Waals surface area contributed by atoms with Gasteiger partial charge in [0.2, 0.25) is 11.8 Å². The van der Waals surface area contributed by atoms with E-state index < -0.39 is 6.04 Å². The molecule has 1 aromatic rings. The monoisotopic (exact) mass is 306 g/mol. The number of likely N-dealkylation sites (tertiary alicyclic amines) is 1. The zero-order valence-electron chi connectivity index (χ0n) is 13.3. The Morgan fingerprint density at radius 2 is 2.18 bits per heavy atom. The van der Waals surface area contributed by atoms with Crippen LogP contribution in [-0.2, 0) is 9.59 Å². The van der Waals surface area contributed by atoms with Crippen molar-refractivity contribution in [3.8, 4) is 0 Å². The van der Waals surface area contributed by atoms with Crippen molar-refractivity contribution < 1.29 is 14.0 Å². The van der Waals surface area contributed by atoms with Crippen molar-refractivity contribution in [2.75, 3.05) is 13.6 Å². The number of hydrogen-bond donors (Lipinski definition) is 1. The minimum atomic E-state index is -0.413. The molecule has 0 unspecified atom stereocenters. The van der Waals surface area contributed by atoms with Crippen LogP contribution >= 0.6 is 0 Å². The molecule has 0 saturated carbocycles. The fraction of sp³-hybridized carbons (Fsp3) is 0.529. The van der Waals surface area contributed by atoms with Gasteiger partial charge in [0.05, 0.1) is 12.0 Å². The summed E-state index contributed by atoms with van der Waals surface area (Å²) in [7, 11) is 1.68. The van der Waals surface area contributed by atoms with Gasteiger partial charge in [-0.3, -0.25) is 9.59 Å². The molecule has 1 heterocycles. The lowest BCUT2D eigenvalue weighted by atomic mass is 9.84. The molecule has 1 aliphatic heterocycles. The van der Waals surface area contributed by atoms with Crippen molar-refractivity contribution >= 4 is 11.8 Å². The minimum Gasteiger partial charge on any atom is -0.356 e. The topological polar surface area (TPSA) is 49.4 Å². The Morgan fingerprint density at radius 3 is 2.82 bits per heavy atom. The Bertz CT molecular complexity index is 559. The summed E-state index contributed by atoms with van der Waals surface area (Å²) in [5.74, 6) is -0.419. The zero-order chi connectivity index (χ0) is 16.3. The molecule has 0 bridgehead atoms. The maximum Gasteiger partial charge on any atom is 0.225 e. The first-order valence-electron chi connectivity index (χ1n) is 7.69. The van der Waals surface area contributed by atoms with Gasteiger partial charge in [0, 0.05) is 20.0 Å². The van der Waals surface area contributed by atoms with Crippen LogP contribution < -0.4 is 5.32 Å². The van der Waals surface area contributed by atoms with E-state index in [1.54, 1.807) is 24.1 Å². The first-order valence-corrected chi connectivity index (χ1v) is 7.69. The Labute approximate surface area is 130 Å². The zero-order valence-corrected chi connectivity index (χ0v) is 13.3. The first kappa shape index (κ1) is 16.5. The number of carbonyl (C=O) groups is 2. The molecule has 2 atom stereocenters. The van der Waals surface area contributed by atoms with Gasteiger partial charge in [-0.1, -0.05) is 26.0 Å². The fourth-order valence-corrected chi connectivity index (χ4v) is 2.90. The Balaban J connectivity index is 2.26. The van der Waals surface area contributed by atoms with Gasteiger partial charge in [-0.2, -0.15) is 0 Å². The summed E-state index contributed by atoms with van der Waals surface area (Å²) in [6.07, 6.45) is 0.844. The van der Waals surface area contributed by atoms with E-state index in [-0.39, 0.29) is 23.5 Å². The molecule has 1 saturated heterocycles. The lowest BCUT2D eigenvalue weighted by molar-refractivity contribution is -0.141. The number of hydrogen-bond acceptors (Lipinski definition) is 2. The van der Waals surface area contributed by atoms with E-state index >= 15 is 0 Å². The largest absolute Gasteiger partial charge is 0.356 e. The summed E-state index contributed by atoms with van der Waals surface area (Å²) in [6.45, 7) is 4.66. The van der Waals surface area contributed by atoms with Crippen molar-refractivity contribution in [2.24, 2.45) is 11.8 Å². The highest BCUT2D eigenvalue weighted by Gasteiger charge is 2.38. The third-order valence-corrected chi connectivity index (χ3v) is 4.07. The van der Waals surface area contributed by atoms with Crippen LogP contribution in [0, 0.1) is 17.7 Å². The van der Waals surface area contributed by atoms with Crippen LogP contribution in [0.1, 0.15) is 38.3 Å². The van der Waals surface area contributed by atoms with E-state index in [0.29, 0.717) is 30.9 Å². The van der Waals surface area contributed by atoms with Crippen LogP contribution in [0.5, 0.6) is 0 Å². The standard InChI is InChI=1S/C17H23FN2O2/c1-11(2)10-19-17(22)14-7-8-15(21)20(3)16(14)12-5-4-6-13(18)9-12/h4-6,9,11,14,16H,7-8,10H2,1-3H3,(H,19,22)/t14-,16-/m1/s1. The van der Waals surface area contributed by atoms with Crippen LogP contribution in [0.3, 0.4) is 0 Å². The van der Waals surface area contributed by atoms with E-state index in [0.717, 1.165) is 0 Å². The third-order valence-electron chi connectivity index (χ3n) is 4.07. The highest BCUT2D eigenvalue weighted by atomic mass is 19.1. The molecule has 1 aromatic carbocycles. The second kappa shape index (κ2) is 6.90. The lowest BCUT2D eigenvalue weighted by Gasteiger charge is -2.38. The molecule has 2 amide bonds. The van der Waals surface area contributed by atoms with Crippen molar-refractivity contribution in [1.82, 2.24) is 10.2 Å². The molecule has 0 aliphatic carbocycles. The van der Waals surface area contributed by atoms with Crippen LogP contribution in [0.15, 0.2) is 24.3 Å². The molecule has 0 aromatic heterocycles. The van der Waals surface area contributed by atoms with Gasteiger partial charge >= 0.3 is 0 Å². The molecule has 1 N–H and O–H groups in total. The van der Waals surface area contributed by atoms with E-state index in [9.17, 15) is 14.0 Å². The molecule has 0 radical (unpaired) electrons. The van der Waals surface area contributed by atoms with E-state index in [2.05, 4.69) is 5.32 Å². The van der Waals surface area contributed by atoms with Crippen LogP contribution in [0.25, 0.3) is 0 Å². The predicted molar refractivity (Wildman–Crippen MR) is 82.5 cm³/mol. The number of piperidine rings is 1. The van der Waals surface area contributed by atoms with Gasteiger partial charge in [0.1, 0.15) is 5.82 Å². The molecule has 2 rings (SSSR count). The van der Waals surface area contributed by atoms with Gasteiger partial charge in [0.15, 0.2) is 0 Å². The number of carbonyl (C=O) groups excluding carboxylic acids is 2. The fourth-order valence-electron chi connectivity index (χ4n) is 2.90. The Kier molecular flexibility index (Phi) is 5.16.